The number of hydrogen-bond acceptors (Lipinski definition) is 5. The quantitative estimate of drug-likeness (QED) is 0.853. The summed E-state index contributed by atoms with van der Waals surface area (Å²) in [6.45, 7) is 0. The number of hydrogen-bond donors (Lipinski definition) is 2. The van der Waals surface area contributed by atoms with Crippen molar-refractivity contribution in [2.24, 2.45) is 17.0 Å². The number of amides is 1. The number of piperidine rings is 1. The molecule has 2 bridgehead atoms. The van der Waals surface area contributed by atoms with Gasteiger partial charge in [0.2, 0.25) is 5.91 Å². The van der Waals surface area contributed by atoms with Gasteiger partial charge in [-0.3, -0.25) is 4.79 Å². The lowest BCUT2D eigenvalue weighted by Gasteiger charge is -2.23. The van der Waals surface area contributed by atoms with Crippen LogP contribution in [-0.2, 0) is 9.63 Å². The Morgan fingerprint density at radius 3 is 3.05 bits per heavy atom. The van der Waals surface area contributed by atoms with Gasteiger partial charge in [0.15, 0.2) is 6.10 Å². The van der Waals surface area contributed by atoms with Crippen LogP contribution in [0.15, 0.2) is 23.4 Å². The molecule has 22 heavy (non-hydrogen) atoms. The molecule has 1 aromatic carbocycles. The zero-order valence-electron chi connectivity index (χ0n) is 11.8. The number of fused-ring (bicyclic) bond motifs is 5. The first-order chi connectivity index (χ1) is 10.6. The van der Waals surface area contributed by atoms with Gasteiger partial charge in [0.05, 0.1) is 30.7 Å². The third-order valence-electron chi connectivity index (χ3n) is 4.67. The number of aromatic carboxylic acids is 1. The van der Waals surface area contributed by atoms with Gasteiger partial charge in [-0.25, -0.2) is 4.79 Å². The normalized spacial score (nSPS) is 31.3. The van der Waals surface area contributed by atoms with Gasteiger partial charge in [0.25, 0.3) is 0 Å². The van der Waals surface area contributed by atoms with Crippen LogP contribution in [0.4, 0.5) is 0 Å². The van der Waals surface area contributed by atoms with Gasteiger partial charge in [-0.05, 0) is 24.6 Å². The van der Waals surface area contributed by atoms with E-state index in [-0.39, 0.29) is 41.2 Å². The van der Waals surface area contributed by atoms with E-state index in [1.165, 1.54) is 13.2 Å². The van der Waals surface area contributed by atoms with Gasteiger partial charge < -0.3 is 20.0 Å². The van der Waals surface area contributed by atoms with Gasteiger partial charge in [0.1, 0.15) is 11.3 Å². The molecule has 1 saturated heterocycles. The van der Waals surface area contributed by atoms with Crippen LogP contribution in [0.2, 0.25) is 0 Å². The van der Waals surface area contributed by atoms with Crippen LogP contribution in [-0.4, -0.2) is 42.0 Å². The Bertz CT molecular complexity index is 714. The third kappa shape index (κ3) is 1.65. The fourth-order valence-electron chi connectivity index (χ4n) is 3.68. The summed E-state index contributed by atoms with van der Waals surface area (Å²) in [7, 11) is 1.42. The Kier molecular flexibility index (Phi) is 2.66. The summed E-state index contributed by atoms with van der Waals surface area (Å²) in [4.78, 5) is 28.7. The van der Waals surface area contributed by atoms with Gasteiger partial charge in [-0.1, -0.05) is 5.16 Å². The van der Waals surface area contributed by atoms with Crippen molar-refractivity contribution in [3.63, 3.8) is 0 Å². The molecule has 2 N–H and O–H groups in total. The number of ether oxygens (including phenoxy) is 1. The van der Waals surface area contributed by atoms with E-state index in [4.69, 9.17) is 9.57 Å². The molecule has 2 fully saturated rings. The molecular weight excluding hydrogens is 288 g/mol. The maximum Gasteiger partial charge on any atom is 0.339 e. The van der Waals surface area contributed by atoms with Crippen molar-refractivity contribution in [1.29, 1.82) is 0 Å². The van der Waals surface area contributed by atoms with Crippen LogP contribution < -0.4 is 10.1 Å². The average Bonchev–Trinajstić information content (AvgIpc) is 3.17. The predicted octanol–water partition coefficient (Wildman–Crippen LogP) is 0.631. The summed E-state index contributed by atoms with van der Waals surface area (Å²) >= 11 is 0. The Labute approximate surface area is 125 Å². The lowest BCUT2D eigenvalue weighted by molar-refractivity contribution is -0.126. The first-order valence-electron chi connectivity index (χ1n) is 7.06. The molecule has 0 aromatic heterocycles. The molecular formula is C15H14N2O5. The van der Waals surface area contributed by atoms with Gasteiger partial charge in [0, 0.05) is 5.56 Å². The molecule has 1 saturated carbocycles. The molecule has 1 aromatic rings. The van der Waals surface area contributed by atoms with Crippen molar-refractivity contribution in [3.05, 3.63) is 29.3 Å². The molecule has 0 radical (unpaired) electrons. The standard InChI is InChI=1S/C15H14N2O5/c1-21-10-3-2-6(4-7(10)15(19)20)12-11-8-5-9(16-14(8)18)13(11)22-17-12/h2-4,8-9,11,13H,5H2,1H3,(H,16,18)(H,19,20). The van der Waals surface area contributed by atoms with E-state index in [0.717, 1.165) is 6.42 Å². The van der Waals surface area contributed by atoms with E-state index in [1.807, 2.05) is 0 Å². The van der Waals surface area contributed by atoms with Crippen LogP contribution in [0.3, 0.4) is 0 Å². The van der Waals surface area contributed by atoms with Crippen LogP contribution >= 0.6 is 0 Å². The van der Waals surface area contributed by atoms with Crippen LogP contribution in [0.25, 0.3) is 0 Å². The Morgan fingerprint density at radius 2 is 2.32 bits per heavy atom. The number of rotatable bonds is 3. The molecule has 2 aliphatic heterocycles. The molecule has 0 spiro atoms. The summed E-state index contributed by atoms with van der Waals surface area (Å²) < 4.78 is 5.06. The van der Waals surface area contributed by atoms with E-state index < -0.39 is 5.97 Å². The number of oxime groups is 1. The van der Waals surface area contributed by atoms with Crippen LogP contribution in [0, 0.1) is 11.8 Å². The zero-order valence-corrected chi connectivity index (χ0v) is 11.8. The second kappa shape index (κ2) is 4.46. The molecule has 4 rings (SSSR count). The van der Waals surface area contributed by atoms with Crippen LogP contribution in [0.1, 0.15) is 22.3 Å². The van der Waals surface area contributed by atoms with Crippen molar-refractivity contribution < 1.29 is 24.3 Å². The first kappa shape index (κ1) is 13.1. The molecule has 7 heteroatoms. The monoisotopic (exact) mass is 302 g/mol. The number of carbonyl (C=O) groups is 2. The van der Waals surface area contributed by atoms with E-state index in [9.17, 15) is 14.7 Å². The van der Waals surface area contributed by atoms with Crippen molar-refractivity contribution in [2.75, 3.05) is 7.11 Å². The number of benzene rings is 1. The van der Waals surface area contributed by atoms with E-state index in [2.05, 4.69) is 10.5 Å². The second-order valence-corrected chi connectivity index (χ2v) is 5.75. The summed E-state index contributed by atoms with van der Waals surface area (Å²) in [6.07, 6.45) is 0.600. The molecule has 7 nitrogen and oxygen atoms in total. The fraction of sp³-hybridized carbons (Fsp3) is 0.400. The predicted molar refractivity (Wildman–Crippen MR) is 74.9 cm³/mol. The smallest absolute Gasteiger partial charge is 0.339 e. The van der Waals surface area contributed by atoms with Crippen molar-refractivity contribution >= 4 is 17.6 Å². The maximum absolute atomic E-state index is 11.9. The Hall–Kier alpha value is -2.57. The highest BCUT2D eigenvalue weighted by Crippen LogP contribution is 2.45. The Balaban J connectivity index is 1.72. The lowest BCUT2D eigenvalue weighted by Crippen LogP contribution is -2.46. The van der Waals surface area contributed by atoms with Crippen LogP contribution in [0.5, 0.6) is 5.75 Å². The van der Waals surface area contributed by atoms with E-state index in [0.29, 0.717) is 11.3 Å². The highest BCUT2D eigenvalue weighted by Gasteiger charge is 2.58. The van der Waals surface area contributed by atoms with Gasteiger partial charge in [-0.2, -0.15) is 0 Å². The molecule has 4 unspecified atom stereocenters. The molecule has 114 valence electrons. The number of methoxy groups -OCH3 is 1. The average molecular weight is 302 g/mol. The number of carboxylic acid groups (broad SMARTS) is 1. The largest absolute Gasteiger partial charge is 0.496 e. The zero-order chi connectivity index (χ0) is 15.4. The lowest BCUT2D eigenvalue weighted by atomic mass is 9.85. The minimum absolute atomic E-state index is 0.000873. The van der Waals surface area contributed by atoms with E-state index >= 15 is 0 Å². The summed E-state index contributed by atoms with van der Waals surface area (Å²) in [6, 6.07) is 4.87. The SMILES string of the molecule is COc1ccc(C2=NOC3C4CC(C(=O)N4)C23)cc1C(=O)O. The maximum atomic E-state index is 11.9. The first-order valence-corrected chi connectivity index (χ1v) is 7.06. The molecule has 2 heterocycles. The minimum atomic E-state index is -1.07. The summed E-state index contributed by atoms with van der Waals surface area (Å²) in [5.41, 5.74) is 1.38. The van der Waals surface area contributed by atoms with Crippen molar-refractivity contribution in [3.8, 4) is 5.75 Å². The fourth-order valence-corrected chi connectivity index (χ4v) is 3.68. The molecule has 1 amide bonds. The minimum Gasteiger partial charge on any atom is -0.496 e. The van der Waals surface area contributed by atoms with Gasteiger partial charge in [-0.15, -0.1) is 0 Å². The van der Waals surface area contributed by atoms with E-state index in [1.54, 1.807) is 12.1 Å². The molecule has 1 aliphatic carbocycles. The molecule has 3 aliphatic rings. The highest BCUT2D eigenvalue weighted by atomic mass is 16.6. The number of nitrogens with zero attached hydrogens (tertiary/aromatic N) is 1. The summed E-state index contributed by atoms with van der Waals surface area (Å²) in [5.74, 6) is -1.00. The Morgan fingerprint density at radius 1 is 1.50 bits per heavy atom. The second-order valence-electron chi connectivity index (χ2n) is 5.75. The van der Waals surface area contributed by atoms with Crippen molar-refractivity contribution in [1.82, 2.24) is 5.32 Å². The summed E-state index contributed by atoms with van der Waals surface area (Å²) in [5, 5.41) is 16.3. The highest BCUT2D eigenvalue weighted by molar-refractivity contribution is 6.08. The molecule has 4 atom stereocenters. The topological polar surface area (TPSA) is 97.2 Å². The van der Waals surface area contributed by atoms with Crippen molar-refractivity contribution in [2.45, 2.75) is 18.6 Å². The number of carboxylic acids is 1. The number of carbonyl (C=O) groups excluding carboxylic acids is 1. The number of nitrogens with one attached hydrogen (secondary N) is 1. The third-order valence-corrected chi connectivity index (χ3v) is 4.67. The van der Waals surface area contributed by atoms with Gasteiger partial charge >= 0.3 is 5.97 Å².